The molecular formula is C14H21NO3S. The van der Waals surface area contributed by atoms with Gasteiger partial charge in [0.05, 0.1) is 11.0 Å². The van der Waals surface area contributed by atoms with Gasteiger partial charge < -0.3 is 5.11 Å². The van der Waals surface area contributed by atoms with Crippen molar-refractivity contribution >= 4 is 10.0 Å². The third kappa shape index (κ3) is 3.78. The van der Waals surface area contributed by atoms with Gasteiger partial charge in [0, 0.05) is 6.04 Å². The highest BCUT2D eigenvalue weighted by molar-refractivity contribution is 7.89. The Kier molecular flexibility index (Phi) is 4.28. The van der Waals surface area contributed by atoms with E-state index >= 15 is 0 Å². The van der Waals surface area contributed by atoms with E-state index in [0.29, 0.717) is 17.9 Å². The van der Waals surface area contributed by atoms with Crippen LogP contribution in [-0.2, 0) is 16.4 Å². The zero-order chi connectivity index (χ0) is 14.0. The minimum absolute atomic E-state index is 0.147. The van der Waals surface area contributed by atoms with E-state index in [-0.39, 0.29) is 10.9 Å². The third-order valence-electron chi connectivity index (χ3n) is 3.25. The van der Waals surface area contributed by atoms with Crippen molar-refractivity contribution in [2.45, 2.75) is 50.2 Å². The van der Waals surface area contributed by atoms with Gasteiger partial charge in [0.1, 0.15) is 0 Å². The van der Waals surface area contributed by atoms with Gasteiger partial charge in [-0.25, -0.2) is 13.1 Å². The summed E-state index contributed by atoms with van der Waals surface area (Å²) in [5.74, 6) is 0.341. The van der Waals surface area contributed by atoms with Gasteiger partial charge >= 0.3 is 0 Å². The predicted molar refractivity (Wildman–Crippen MR) is 74.3 cm³/mol. The molecule has 1 aromatic carbocycles. The van der Waals surface area contributed by atoms with E-state index in [4.69, 9.17) is 0 Å². The quantitative estimate of drug-likeness (QED) is 0.835. The fourth-order valence-electron chi connectivity index (χ4n) is 2.18. The fourth-order valence-corrected chi connectivity index (χ4v) is 3.68. The van der Waals surface area contributed by atoms with E-state index in [1.54, 1.807) is 32.0 Å². The molecule has 1 saturated carbocycles. The number of benzene rings is 1. The molecule has 0 aliphatic heterocycles. The number of aliphatic hydroxyl groups excluding tert-OH is 1. The Morgan fingerprint density at radius 2 is 1.95 bits per heavy atom. The molecule has 0 bridgehead atoms. The van der Waals surface area contributed by atoms with Crippen LogP contribution >= 0.6 is 0 Å². The normalized spacial score (nSPS) is 17.7. The minimum atomic E-state index is -3.50. The molecule has 0 amide bonds. The zero-order valence-corrected chi connectivity index (χ0v) is 12.2. The predicted octanol–water partition coefficient (Wildman–Crippen LogP) is 1.69. The third-order valence-corrected chi connectivity index (χ3v) is 5.01. The van der Waals surface area contributed by atoms with Crippen LogP contribution in [0, 0.1) is 5.92 Å². The lowest BCUT2D eigenvalue weighted by atomic mass is 10.1. The zero-order valence-electron chi connectivity index (χ0n) is 11.3. The number of sulfonamides is 1. The highest BCUT2D eigenvalue weighted by Gasteiger charge is 2.31. The number of nitrogens with one attached hydrogen (secondary N) is 1. The summed E-state index contributed by atoms with van der Waals surface area (Å²) in [6.45, 7) is 3.58. The Bertz CT molecular complexity index is 535. The molecule has 0 spiro atoms. The van der Waals surface area contributed by atoms with Gasteiger partial charge in [-0.15, -0.1) is 0 Å². The van der Waals surface area contributed by atoms with Crippen molar-refractivity contribution in [2.75, 3.05) is 0 Å². The Labute approximate surface area is 114 Å². The lowest BCUT2D eigenvalue weighted by molar-refractivity contribution is 0.151. The van der Waals surface area contributed by atoms with E-state index in [0.717, 1.165) is 12.8 Å². The average Bonchev–Trinajstić information content (AvgIpc) is 3.11. The van der Waals surface area contributed by atoms with Gasteiger partial charge in [0.2, 0.25) is 10.0 Å². The van der Waals surface area contributed by atoms with Gasteiger partial charge in [-0.2, -0.15) is 0 Å². The summed E-state index contributed by atoms with van der Waals surface area (Å²) in [6, 6.07) is 6.75. The molecule has 1 unspecified atom stereocenters. The maximum atomic E-state index is 12.2. The molecule has 5 heteroatoms. The van der Waals surface area contributed by atoms with E-state index in [2.05, 4.69) is 4.72 Å². The van der Waals surface area contributed by atoms with Crippen molar-refractivity contribution < 1.29 is 13.5 Å². The highest BCUT2D eigenvalue weighted by Crippen LogP contribution is 2.34. The van der Waals surface area contributed by atoms with Gasteiger partial charge in [0.25, 0.3) is 0 Å². The first-order chi connectivity index (χ1) is 8.90. The molecule has 4 nitrogen and oxygen atoms in total. The van der Waals surface area contributed by atoms with Crippen LogP contribution in [0.1, 0.15) is 32.3 Å². The van der Waals surface area contributed by atoms with E-state index in [1.165, 1.54) is 0 Å². The van der Waals surface area contributed by atoms with Crippen molar-refractivity contribution in [1.29, 1.82) is 0 Å². The topological polar surface area (TPSA) is 66.4 Å². The molecule has 1 aromatic rings. The number of hydrogen-bond acceptors (Lipinski definition) is 3. The molecule has 0 aromatic heterocycles. The largest absolute Gasteiger partial charge is 0.392 e. The van der Waals surface area contributed by atoms with E-state index in [1.807, 2.05) is 6.07 Å². The van der Waals surface area contributed by atoms with Crippen molar-refractivity contribution in [1.82, 2.24) is 4.72 Å². The molecule has 1 atom stereocenters. The second-order valence-corrected chi connectivity index (χ2v) is 7.18. The summed E-state index contributed by atoms with van der Waals surface area (Å²) in [5.41, 5.74) is 0.690. The first-order valence-electron chi connectivity index (χ1n) is 6.68. The minimum Gasteiger partial charge on any atom is -0.392 e. The van der Waals surface area contributed by atoms with Gasteiger partial charge in [-0.05, 0) is 50.7 Å². The van der Waals surface area contributed by atoms with Crippen LogP contribution in [0.4, 0.5) is 0 Å². The van der Waals surface area contributed by atoms with Crippen LogP contribution in [0.25, 0.3) is 0 Å². The highest BCUT2D eigenvalue weighted by atomic mass is 32.2. The second kappa shape index (κ2) is 5.61. The molecule has 2 N–H and O–H groups in total. The van der Waals surface area contributed by atoms with Crippen LogP contribution in [0.15, 0.2) is 29.2 Å². The lowest BCUT2D eigenvalue weighted by Gasteiger charge is -2.15. The molecular weight excluding hydrogens is 262 g/mol. The number of rotatable bonds is 6. The van der Waals surface area contributed by atoms with Crippen LogP contribution in [0.2, 0.25) is 0 Å². The van der Waals surface area contributed by atoms with Crippen molar-refractivity contribution in [3.63, 3.8) is 0 Å². The second-order valence-electron chi connectivity index (χ2n) is 5.49. The van der Waals surface area contributed by atoms with Crippen LogP contribution < -0.4 is 4.72 Å². The summed E-state index contributed by atoms with van der Waals surface area (Å²) >= 11 is 0. The molecule has 0 saturated heterocycles. The molecule has 1 aliphatic rings. The maximum Gasteiger partial charge on any atom is 0.241 e. The first-order valence-corrected chi connectivity index (χ1v) is 8.17. The summed E-state index contributed by atoms with van der Waals surface area (Å²) in [6.07, 6.45) is 2.05. The smallest absolute Gasteiger partial charge is 0.241 e. The molecule has 1 aliphatic carbocycles. The standard InChI is InChI=1S/C14H21NO3S/c1-10(2)15-19(17,18)14-6-4-3-5-12(14)9-13(16)11-7-8-11/h3-6,10-11,13,15-16H,7-9H2,1-2H3. The van der Waals surface area contributed by atoms with Crippen molar-refractivity contribution in [2.24, 2.45) is 5.92 Å². The van der Waals surface area contributed by atoms with Crippen LogP contribution in [0.3, 0.4) is 0 Å². The summed E-state index contributed by atoms with van der Waals surface area (Å²) in [7, 11) is -3.50. The molecule has 0 radical (unpaired) electrons. The SMILES string of the molecule is CC(C)NS(=O)(=O)c1ccccc1CC(O)C1CC1. The summed E-state index contributed by atoms with van der Waals surface area (Å²) in [4.78, 5) is 0.281. The van der Waals surface area contributed by atoms with E-state index < -0.39 is 16.1 Å². The summed E-state index contributed by atoms with van der Waals surface area (Å²) in [5, 5.41) is 10.00. The molecule has 1 fully saturated rings. The van der Waals surface area contributed by atoms with Crippen molar-refractivity contribution in [3.05, 3.63) is 29.8 Å². The van der Waals surface area contributed by atoms with Gasteiger partial charge in [-0.3, -0.25) is 0 Å². The Balaban J connectivity index is 2.24. The van der Waals surface area contributed by atoms with Gasteiger partial charge in [-0.1, -0.05) is 18.2 Å². The van der Waals surface area contributed by atoms with E-state index in [9.17, 15) is 13.5 Å². The molecule has 2 rings (SSSR count). The monoisotopic (exact) mass is 283 g/mol. The Morgan fingerprint density at radius 3 is 2.53 bits per heavy atom. The first kappa shape index (κ1) is 14.5. The molecule has 106 valence electrons. The lowest BCUT2D eigenvalue weighted by Crippen LogP contribution is -2.31. The van der Waals surface area contributed by atoms with Crippen LogP contribution in [0.5, 0.6) is 0 Å². The Hall–Kier alpha value is -0.910. The summed E-state index contributed by atoms with van der Waals surface area (Å²) < 4.78 is 27.1. The number of hydrogen-bond donors (Lipinski definition) is 2. The molecule has 19 heavy (non-hydrogen) atoms. The molecule has 0 heterocycles. The van der Waals surface area contributed by atoms with Crippen LogP contribution in [-0.4, -0.2) is 25.7 Å². The van der Waals surface area contributed by atoms with Gasteiger partial charge in [0.15, 0.2) is 0 Å². The van der Waals surface area contributed by atoms with Crippen molar-refractivity contribution in [3.8, 4) is 0 Å². The maximum absolute atomic E-state index is 12.2. The Morgan fingerprint density at radius 1 is 1.32 bits per heavy atom. The fraction of sp³-hybridized carbons (Fsp3) is 0.571. The number of aliphatic hydroxyl groups is 1. The average molecular weight is 283 g/mol.